The van der Waals surface area contributed by atoms with Gasteiger partial charge in [-0.25, -0.2) is 0 Å². The van der Waals surface area contributed by atoms with Crippen molar-refractivity contribution in [3.05, 3.63) is 52.2 Å². The van der Waals surface area contributed by atoms with Crippen LogP contribution in [0.5, 0.6) is 0 Å². The monoisotopic (exact) mass is 425 g/mol. The fraction of sp³-hybridized carbons (Fsp3) is 0.400. The molecule has 5 nitrogen and oxygen atoms in total. The Hall–Kier alpha value is -2.39. The number of rotatable bonds is 5. The quantitative estimate of drug-likeness (QED) is 0.711. The van der Waals surface area contributed by atoms with E-state index in [1.165, 1.54) is 18.6 Å². The number of hydrogen-bond acceptors (Lipinski definition) is 4. The number of nitrogens with one attached hydrogen (secondary N) is 2. The van der Waals surface area contributed by atoms with Crippen molar-refractivity contribution in [2.75, 3.05) is 25.0 Å². The summed E-state index contributed by atoms with van der Waals surface area (Å²) in [6.07, 6.45) is -1.31. The van der Waals surface area contributed by atoms with Crippen molar-refractivity contribution in [3.63, 3.8) is 0 Å². The van der Waals surface area contributed by atoms with Crippen LogP contribution in [0.15, 0.2) is 41.1 Å². The van der Waals surface area contributed by atoms with Crippen molar-refractivity contribution < 1.29 is 22.8 Å². The van der Waals surface area contributed by atoms with Crippen LogP contribution in [-0.4, -0.2) is 36.3 Å². The molecule has 2 heterocycles. The van der Waals surface area contributed by atoms with Crippen molar-refractivity contribution in [1.82, 2.24) is 10.2 Å². The molecule has 2 aromatic rings. The third kappa shape index (κ3) is 5.57. The Bertz CT molecular complexity index is 834. The molecule has 0 saturated carbocycles. The molecule has 1 aliphatic heterocycles. The van der Waals surface area contributed by atoms with Gasteiger partial charge in [0.2, 0.25) is 0 Å². The Labute approximate surface area is 170 Å². The lowest BCUT2D eigenvalue weighted by Gasteiger charge is -2.34. The molecule has 2 N–H and O–H groups in total. The van der Waals surface area contributed by atoms with Gasteiger partial charge in [-0.15, -0.1) is 0 Å². The van der Waals surface area contributed by atoms with E-state index in [0.717, 1.165) is 43.6 Å². The first kappa shape index (κ1) is 21.3. The fourth-order valence-electron chi connectivity index (χ4n) is 3.44. The summed E-state index contributed by atoms with van der Waals surface area (Å²) in [5.41, 5.74) is -0.379. The number of benzene rings is 1. The average Bonchev–Trinajstić information content (AvgIpc) is 3.23. The lowest BCUT2D eigenvalue weighted by Crippen LogP contribution is -2.43. The number of nitrogens with zero attached hydrogens (tertiary/aromatic N) is 1. The van der Waals surface area contributed by atoms with Gasteiger partial charge in [0.1, 0.15) is 0 Å². The SMILES string of the molecule is O=C(NCC(c1ccsc1)N1CCCCC1)C(=O)Nc1ccccc1C(F)(F)F. The van der Waals surface area contributed by atoms with Crippen molar-refractivity contribution in [2.24, 2.45) is 0 Å². The molecule has 0 radical (unpaired) electrons. The summed E-state index contributed by atoms with van der Waals surface area (Å²) in [4.78, 5) is 26.7. The summed E-state index contributed by atoms with van der Waals surface area (Å²) in [5.74, 6) is -2.08. The van der Waals surface area contributed by atoms with E-state index < -0.39 is 29.2 Å². The summed E-state index contributed by atoms with van der Waals surface area (Å²) >= 11 is 1.55. The fourth-order valence-corrected chi connectivity index (χ4v) is 4.15. The van der Waals surface area contributed by atoms with Crippen LogP contribution in [-0.2, 0) is 15.8 Å². The first-order chi connectivity index (χ1) is 13.9. The number of hydrogen-bond donors (Lipinski definition) is 2. The van der Waals surface area contributed by atoms with E-state index in [1.807, 2.05) is 16.8 Å². The van der Waals surface area contributed by atoms with Gasteiger partial charge >= 0.3 is 18.0 Å². The summed E-state index contributed by atoms with van der Waals surface area (Å²) < 4.78 is 39.2. The average molecular weight is 425 g/mol. The minimum absolute atomic E-state index is 0.0687. The van der Waals surface area contributed by atoms with Crippen molar-refractivity contribution in [3.8, 4) is 0 Å². The van der Waals surface area contributed by atoms with Gasteiger partial charge in [-0.1, -0.05) is 18.6 Å². The van der Waals surface area contributed by atoms with Crippen LogP contribution in [0.25, 0.3) is 0 Å². The van der Waals surface area contributed by atoms with Gasteiger partial charge in [0.15, 0.2) is 0 Å². The molecule has 1 fully saturated rings. The lowest BCUT2D eigenvalue weighted by atomic mass is 10.0. The highest BCUT2D eigenvalue weighted by molar-refractivity contribution is 7.08. The van der Waals surface area contributed by atoms with Crippen LogP contribution >= 0.6 is 11.3 Å². The lowest BCUT2D eigenvalue weighted by molar-refractivity contribution is -0.138. The van der Waals surface area contributed by atoms with Gasteiger partial charge < -0.3 is 10.6 Å². The molecule has 1 aliphatic rings. The van der Waals surface area contributed by atoms with Gasteiger partial charge in [0.05, 0.1) is 17.3 Å². The number of alkyl halides is 3. The van der Waals surface area contributed by atoms with Crippen LogP contribution in [0.4, 0.5) is 18.9 Å². The van der Waals surface area contributed by atoms with Crippen molar-refractivity contribution in [2.45, 2.75) is 31.5 Å². The predicted molar refractivity (Wildman–Crippen MR) is 106 cm³/mol. The molecule has 156 valence electrons. The molecular weight excluding hydrogens is 403 g/mol. The molecule has 1 aromatic carbocycles. The smallest absolute Gasteiger partial charge is 0.346 e. The van der Waals surface area contributed by atoms with Crippen LogP contribution in [0, 0.1) is 0 Å². The zero-order valence-corrected chi connectivity index (χ0v) is 16.5. The van der Waals surface area contributed by atoms with Gasteiger partial charge in [-0.2, -0.15) is 24.5 Å². The van der Waals surface area contributed by atoms with Crippen LogP contribution in [0.1, 0.15) is 36.4 Å². The number of para-hydroxylation sites is 1. The molecular formula is C20H22F3N3O2S. The highest BCUT2D eigenvalue weighted by Gasteiger charge is 2.34. The number of carbonyl (C=O) groups is 2. The van der Waals surface area contributed by atoms with Gasteiger partial charge in [-0.3, -0.25) is 14.5 Å². The second-order valence-corrected chi connectivity index (χ2v) is 7.66. The third-order valence-corrected chi connectivity index (χ3v) is 5.60. The van der Waals surface area contributed by atoms with Gasteiger partial charge in [0, 0.05) is 6.54 Å². The topological polar surface area (TPSA) is 61.4 Å². The molecule has 1 unspecified atom stereocenters. The van der Waals surface area contributed by atoms with E-state index in [2.05, 4.69) is 15.5 Å². The minimum Gasteiger partial charge on any atom is -0.346 e. The normalized spacial score (nSPS) is 16.2. The van der Waals surface area contributed by atoms with Crippen LogP contribution < -0.4 is 10.6 Å². The summed E-state index contributed by atoms with van der Waals surface area (Å²) in [7, 11) is 0. The van der Waals surface area contributed by atoms with E-state index in [4.69, 9.17) is 0 Å². The van der Waals surface area contributed by atoms with Crippen molar-refractivity contribution in [1.29, 1.82) is 0 Å². The van der Waals surface area contributed by atoms with Crippen LogP contribution in [0.3, 0.4) is 0 Å². The molecule has 9 heteroatoms. The first-order valence-corrected chi connectivity index (χ1v) is 10.3. The van der Waals surface area contributed by atoms with E-state index in [-0.39, 0.29) is 12.6 Å². The second-order valence-electron chi connectivity index (χ2n) is 6.88. The minimum atomic E-state index is -4.63. The maximum atomic E-state index is 13.1. The van der Waals surface area contributed by atoms with E-state index in [0.29, 0.717) is 0 Å². The van der Waals surface area contributed by atoms with Gasteiger partial charge in [0.25, 0.3) is 0 Å². The molecule has 0 spiro atoms. The van der Waals surface area contributed by atoms with E-state index >= 15 is 0 Å². The van der Waals surface area contributed by atoms with Crippen LogP contribution in [0.2, 0.25) is 0 Å². The molecule has 29 heavy (non-hydrogen) atoms. The molecule has 0 bridgehead atoms. The van der Waals surface area contributed by atoms with Gasteiger partial charge in [-0.05, 0) is 60.5 Å². The largest absolute Gasteiger partial charge is 0.418 e. The zero-order valence-electron chi connectivity index (χ0n) is 15.7. The highest BCUT2D eigenvalue weighted by atomic mass is 32.1. The third-order valence-electron chi connectivity index (χ3n) is 4.90. The number of piperidine rings is 1. The standard InChI is InChI=1S/C20H22F3N3O2S/c21-20(22,23)15-6-2-3-7-16(15)25-19(28)18(27)24-12-17(14-8-11-29-13-14)26-9-4-1-5-10-26/h2-3,6-8,11,13,17H,1,4-5,9-10,12H2,(H,24,27)(H,25,28). The number of likely N-dealkylation sites (tertiary alicyclic amines) is 1. The molecule has 0 aliphatic carbocycles. The summed E-state index contributed by atoms with van der Waals surface area (Å²) in [6.45, 7) is 2.02. The molecule has 2 amide bonds. The number of anilines is 1. The predicted octanol–water partition coefficient (Wildman–Crippen LogP) is 4.05. The maximum Gasteiger partial charge on any atom is 0.418 e. The number of carbonyl (C=O) groups excluding carboxylic acids is 2. The molecule has 1 saturated heterocycles. The summed E-state index contributed by atoms with van der Waals surface area (Å²) in [5, 5.41) is 8.61. The van der Waals surface area contributed by atoms with E-state index in [9.17, 15) is 22.8 Å². The molecule has 3 rings (SSSR count). The Kier molecular flexibility index (Phi) is 6.92. The number of halogens is 3. The molecule has 1 aromatic heterocycles. The Morgan fingerprint density at radius 2 is 1.79 bits per heavy atom. The maximum absolute atomic E-state index is 13.1. The summed E-state index contributed by atoms with van der Waals surface area (Å²) in [6, 6.07) is 6.48. The molecule has 1 atom stereocenters. The Morgan fingerprint density at radius 3 is 2.45 bits per heavy atom. The Balaban J connectivity index is 1.64. The number of thiophene rings is 1. The van der Waals surface area contributed by atoms with Crippen molar-refractivity contribution >= 4 is 28.8 Å². The highest BCUT2D eigenvalue weighted by Crippen LogP contribution is 2.34. The number of amides is 2. The second kappa shape index (κ2) is 9.41. The Morgan fingerprint density at radius 1 is 1.07 bits per heavy atom. The zero-order chi connectivity index (χ0) is 20.9. The first-order valence-electron chi connectivity index (χ1n) is 9.38. The van der Waals surface area contributed by atoms with E-state index in [1.54, 1.807) is 11.3 Å².